The van der Waals surface area contributed by atoms with Gasteiger partial charge in [-0.1, -0.05) is 0 Å². The zero-order valence-corrected chi connectivity index (χ0v) is 7.07. The first kappa shape index (κ1) is 7.59. The van der Waals surface area contributed by atoms with E-state index in [0.29, 0.717) is 11.8 Å². The van der Waals surface area contributed by atoms with E-state index in [-0.39, 0.29) is 0 Å². The number of hydrogen-bond acceptors (Lipinski definition) is 1. The second-order valence-corrected chi connectivity index (χ2v) is 3.40. The van der Waals surface area contributed by atoms with Crippen LogP contribution in [0.25, 0.3) is 0 Å². The van der Waals surface area contributed by atoms with Gasteiger partial charge in [-0.05, 0) is 25.0 Å². The van der Waals surface area contributed by atoms with Crippen LogP contribution in [0.5, 0.6) is 0 Å². The van der Waals surface area contributed by atoms with Crippen LogP contribution in [0.1, 0.15) is 31.7 Å². The van der Waals surface area contributed by atoms with Gasteiger partial charge in [0.25, 0.3) is 0 Å². The maximum absolute atomic E-state index is 11.0. The third kappa shape index (κ3) is 1.42. The minimum absolute atomic E-state index is 0.429. The summed E-state index contributed by atoms with van der Waals surface area (Å²) in [7, 11) is 0. The van der Waals surface area contributed by atoms with Crippen LogP contribution in [-0.4, -0.2) is 10.4 Å². The van der Waals surface area contributed by atoms with Crippen LogP contribution in [0.15, 0.2) is 24.5 Å². The average molecular weight is 163 g/mol. The molecule has 64 valence electrons. The van der Waals surface area contributed by atoms with Crippen molar-refractivity contribution in [2.75, 3.05) is 0 Å². The first-order valence-electron chi connectivity index (χ1n) is 4.50. The molecule has 0 unspecified atom stereocenters. The van der Waals surface area contributed by atoms with E-state index in [0.717, 1.165) is 25.7 Å². The van der Waals surface area contributed by atoms with Gasteiger partial charge < -0.3 is 4.57 Å². The minimum atomic E-state index is 0.429. The van der Waals surface area contributed by atoms with Gasteiger partial charge in [-0.3, -0.25) is 4.79 Å². The van der Waals surface area contributed by atoms with Gasteiger partial charge in [0.15, 0.2) is 0 Å². The maximum Gasteiger partial charge on any atom is 0.133 e. The molecule has 1 aliphatic rings. The molecule has 0 amide bonds. The van der Waals surface area contributed by atoms with Gasteiger partial charge in [0.05, 0.1) is 0 Å². The van der Waals surface area contributed by atoms with Gasteiger partial charge in [-0.25, -0.2) is 0 Å². The van der Waals surface area contributed by atoms with Crippen LogP contribution in [0.2, 0.25) is 0 Å². The molecule has 2 nitrogen and oxygen atoms in total. The molecule has 0 atom stereocenters. The fourth-order valence-corrected chi connectivity index (χ4v) is 1.81. The molecule has 1 aromatic heterocycles. The molecule has 0 bridgehead atoms. The molecule has 2 heteroatoms. The van der Waals surface area contributed by atoms with Crippen LogP contribution in [0, 0.1) is 0 Å². The van der Waals surface area contributed by atoms with Crippen LogP contribution in [0.4, 0.5) is 0 Å². The van der Waals surface area contributed by atoms with Crippen molar-refractivity contribution in [3.63, 3.8) is 0 Å². The Labute approximate surface area is 72.2 Å². The Hall–Kier alpha value is -1.05. The van der Waals surface area contributed by atoms with E-state index in [4.69, 9.17) is 0 Å². The lowest BCUT2D eigenvalue weighted by Crippen LogP contribution is -2.16. The highest BCUT2D eigenvalue weighted by Gasteiger charge is 2.18. The van der Waals surface area contributed by atoms with Gasteiger partial charge >= 0.3 is 0 Å². The first-order chi connectivity index (χ1) is 5.86. The highest BCUT2D eigenvalue weighted by molar-refractivity contribution is 5.79. The molecule has 12 heavy (non-hydrogen) atoms. The molecule has 1 aliphatic carbocycles. The molecular formula is C10H13NO. The second-order valence-electron chi connectivity index (χ2n) is 3.40. The van der Waals surface area contributed by atoms with Crippen molar-refractivity contribution in [3.8, 4) is 0 Å². The predicted octanol–water partition coefficient (Wildman–Crippen LogP) is 2.17. The van der Waals surface area contributed by atoms with Crippen molar-refractivity contribution in [2.45, 2.75) is 31.7 Å². The summed E-state index contributed by atoms with van der Waals surface area (Å²) in [4.78, 5) is 11.0. The molecular weight excluding hydrogens is 150 g/mol. The Bertz CT molecular complexity index is 253. The third-order valence-corrected chi connectivity index (χ3v) is 2.56. The lowest BCUT2D eigenvalue weighted by atomic mass is 9.94. The van der Waals surface area contributed by atoms with E-state index in [9.17, 15) is 4.79 Å². The minimum Gasteiger partial charge on any atom is -0.351 e. The molecule has 0 N–H and O–H groups in total. The Morgan fingerprint density at radius 1 is 1.17 bits per heavy atom. The Morgan fingerprint density at radius 2 is 1.75 bits per heavy atom. The van der Waals surface area contributed by atoms with Crippen molar-refractivity contribution >= 4 is 5.78 Å². The highest BCUT2D eigenvalue weighted by atomic mass is 16.1. The van der Waals surface area contributed by atoms with E-state index in [1.54, 1.807) is 0 Å². The summed E-state index contributed by atoms with van der Waals surface area (Å²) in [5.74, 6) is 0.429. The number of ketones is 1. The van der Waals surface area contributed by atoms with Crippen molar-refractivity contribution in [1.29, 1.82) is 0 Å². The average Bonchev–Trinajstić information content (AvgIpc) is 2.58. The third-order valence-electron chi connectivity index (χ3n) is 2.56. The van der Waals surface area contributed by atoms with Gasteiger partial charge in [0, 0.05) is 31.3 Å². The number of Topliss-reactive ketones (excluding diaryl/α,β-unsaturated/α-hetero) is 1. The fraction of sp³-hybridized carbons (Fsp3) is 0.500. The number of nitrogens with zero attached hydrogens (tertiary/aromatic N) is 1. The van der Waals surface area contributed by atoms with Crippen molar-refractivity contribution < 1.29 is 4.79 Å². The Morgan fingerprint density at radius 3 is 2.33 bits per heavy atom. The molecule has 0 radical (unpaired) electrons. The molecule has 1 fully saturated rings. The van der Waals surface area contributed by atoms with Crippen LogP contribution in [-0.2, 0) is 4.79 Å². The van der Waals surface area contributed by atoms with Gasteiger partial charge in [-0.15, -0.1) is 0 Å². The van der Waals surface area contributed by atoms with Crippen LogP contribution in [0.3, 0.4) is 0 Å². The molecule has 1 heterocycles. The number of carbonyl (C=O) groups is 1. The van der Waals surface area contributed by atoms with Crippen molar-refractivity contribution in [3.05, 3.63) is 24.5 Å². The summed E-state index contributed by atoms with van der Waals surface area (Å²) in [6, 6.07) is 4.64. The van der Waals surface area contributed by atoms with E-state index in [1.165, 1.54) is 0 Å². The Kier molecular flexibility index (Phi) is 1.98. The number of rotatable bonds is 1. The van der Waals surface area contributed by atoms with Crippen molar-refractivity contribution in [2.24, 2.45) is 0 Å². The van der Waals surface area contributed by atoms with Gasteiger partial charge in [0.2, 0.25) is 0 Å². The zero-order chi connectivity index (χ0) is 8.39. The highest BCUT2D eigenvalue weighted by Crippen LogP contribution is 2.25. The second kappa shape index (κ2) is 3.13. The molecule has 0 saturated heterocycles. The monoisotopic (exact) mass is 163 g/mol. The summed E-state index contributed by atoms with van der Waals surface area (Å²) in [5.41, 5.74) is 0. The zero-order valence-electron chi connectivity index (χ0n) is 7.07. The molecule has 2 rings (SSSR count). The summed E-state index contributed by atoms with van der Waals surface area (Å²) < 4.78 is 2.21. The molecule has 0 spiro atoms. The topological polar surface area (TPSA) is 22.0 Å². The molecule has 1 saturated carbocycles. The van der Waals surface area contributed by atoms with E-state index < -0.39 is 0 Å². The standard InChI is InChI=1S/C10H13NO/c12-10-5-3-9(4-6-10)11-7-1-2-8-11/h1-2,7-9H,3-6H2. The smallest absolute Gasteiger partial charge is 0.133 e. The lowest BCUT2D eigenvalue weighted by Gasteiger charge is -2.22. The molecule has 0 aliphatic heterocycles. The Balaban J connectivity index is 2.03. The molecule has 1 aromatic rings. The molecule has 0 aromatic carbocycles. The summed E-state index contributed by atoms with van der Waals surface area (Å²) >= 11 is 0. The van der Waals surface area contributed by atoms with E-state index in [1.807, 2.05) is 12.1 Å². The normalized spacial score (nSPS) is 19.8. The summed E-state index contributed by atoms with van der Waals surface area (Å²) in [5, 5.41) is 0. The lowest BCUT2D eigenvalue weighted by molar-refractivity contribution is -0.120. The number of carbonyl (C=O) groups excluding carboxylic acids is 1. The van der Waals surface area contributed by atoms with E-state index in [2.05, 4.69) is 17.0 Å². The van der Waals surface area contributed by atoms with Gasteiger partial charge in [0.1, 0.15) is 5.78 Å². The van der Waals surface area contributed by atoms with Crippen molar-refractivity contribution in [1.82, 2.24) is 4.57 Å². The number of aromatic nitrogens is 1. The van der Waals surface area contributed by atoms with E-state index >= 15 is 0 Å². The fourth-order valence-electron chi connectivity index (χ4n) is 1.81. The quantitative estimate of drug-likeness (QED) is 0.622. The summed E-state index contributed by atoms with van der Waals surface area (Å²) in [6.07, 6.45) is 7.74. The van der Waals surface area contributed by atoms with Crippen LogP contribution >= 0.6 is 0 Å². The largest absolute Gasteiger partial charge is 0.351 e. The summed E-state index contributed by atoms with van der Waals surface area (Å²) in [6.45, 7) is 0. The first-order valence-corrected chi connectivity index (χ1v) is 4.50. The maximum atomic E-state index is 11.0. The predicted molar refractivity (Wildman–Crippen MR) is 46.9 cm³/mol. The number of hydrogen-bond donors (Lipinski definition) is 0. The van der Waals surface area contributed by atoms with Crippen LogP contribution < -0.4 is 0 Å². The van der Waals surface area contributed by atoms with Gasteiger partial charge in [-0.2, -0.15) is 0 Å². The SMILES string of the molecule is O=C1CCC(n2cccc2)CC1.